The molecular formula is C16H22O3. The molecule has 0 aliphatic rings. The molecule has 1 rings (SSSR count). The highest BCUT2D eigenvalue weighted by Gasteiger charge is 2.09. The zero-order chi connectivity index (χ0) is 14.1. The smallest absolute Gasteiger partial charge is 0.343 e. The van der Waals surface area contributed by atoms with Crippen molar-refractivity contribution in [3.8, 4) is 5.75 Å². The van der Waals surface area contributed by atoms with Crippen LogP contribution in [0, 0.1) is 0 Å². The fourth-order valence-corrected chi connectivity index (χ4v) is 1.72. The Morgan fingerprint density at radius 1 is 1.16 bits per heavy atom. The van der Waals surface area contributed by atoms with Crippen LogP contribution >= 0.6 is 0 Å². The fraction of sp³-hybridized carbons (Fsp3) is 0.438. The molecule has 3 heteroatoms. The number of carbonyl (C=O) groups excluding carboxylic acids is 1. The molecule has 0 saturated carbocycles. The van der Waals surface area contributed by atoms with Gasteiger partial charge in [-0.2, -0.15) is 0 Å². The standard InChI is InChI=1S/C16H22O3/c1-4-5-6-7-8-13(2)19-16(17)14-9-11-15(18-3)12-10-14/h9-12H,2,4-8H2,1,3H3. The van der Waals surface area contributed by atoms with Crippen LogP contribution in [0.15, 0.2) is 36.6 Å². The molecule has 3 nitrogen and oxygen atoms in total. The topological polar surface area (TPSA) is 35.5 Å². The first-order valence-electron chi connectivity index (χ1n) is 6.71. The summed E-state index contributed by atoms with van der Waals surface area (Å²) in [5, 5.41) is 0. The van der Waals surface area contributed by atoms with E-state index in [0.717, 1.165) is 25.0 Å². The third-order valence-corrected chi connectivity index (χ3v) is 2.87. The molecule has 0 spiro atoms. The number of carbonyl (C=O) groups is 1. The van der Waals surface area contributed by atoms with E-state index in [1.807, 2.05) is 0 Å². The largest absolute Gasteiger partial charge is 0.497 e. The van der Waals surface area contributed by atoms with Gasteiger partial charge in [-0.05, 0) is 30.7 Å². The lowest BCUT2D eigenvalue weighted by Crippen LogP contribution is -2.04. The molecule has 0 unspecified atom stereocenters. The van der Waals surface area contributed by atoms with Gasteiger partial charge in [-0.25, -0.2) is 4.79 Å². The molecule has 1 aromatic carbocycles. The predicted molar refractivity (Wildman–Crippen MR) is 76.3 cm³/mol. The van der Waals surface area contributed by atoms with E-state index in [1.165, 1.54) is 12.8 Å². The van der Waals surface area contributed by atoms with Gasteiger partial charge in [-0.1, -0.05) is 32.8 Å². The van der Waals surface area contributed by atoms with Gasteiger partial charge < -0.3 is 9.47 Å². The molecule has 0 N–H and O–H groups in total. The van der Waals surface area contributed by atoms with Crippen LogP contribution in [0.2, 0.25) is 0 Å². The van der Waals surface area contributed by atoms with Crippen LogP contribution in [0.25, 0.3) is 0 Å². The van der Waals surface area contributed by atoms with Gasteiger partial charge in [-0.3, -0.25) is 0 Å². The molecule has 0 saturated heterocycles. The van der Waals surface area contributed by atoms with Gasteiger partial charge in [0.05, 0.1) is 12.7 Å². The number of ether oxygens (including phenoxy) is 2. The zero-order valence-corrected chi connectivity index (χ0v) is 11.8. The summed E-state index contributed by atoms with van der Waals surface area (Å²) in [7, 11) is 1.59. The Kier molecular flexibility index (Phi) is 6.72. The van der Waals surface area contributed by atoms with E-state index in [9.17, 15) is 4.79 Å². The van der Waals surface area contributed by atoms with Crippen LogP contribution in [-0.2, 0) is 4.74 Å². The summed E-state index contributed by atoms with van der Waals surface area (Å²) in [5.74, 6) is 0.898. The Morgan fingerprint density at radius 3 is 2.42 bits per heavy atom. The average molecular weight is 262 g/mol. The van der Waals surface area contributed by atoms with Gasteiger partial charge in [0, 0.05) is 6.42 Å². The molecule has 0 aliphatic carbocycles. The van der Waals surface area contributed by atoms with E-state index in [2.05, 4.69) is 13.5 Å². The molecule has 104 valence electrons. The lowest BCUT2D eigenvalue weighted by molar-refractivity contribution is 0.0614. The Bertz CT molecular complexity index is 407. The maximum atomic E-state index is 11.8. The first-order valence-corrected chi connectivity index (χ1v) is 6.71. The second-order valence-corrected chi connectivity index (χ2v) is 4.47. The maximum absolute atomic E-state index is 11.8. The predicted octanol–water partition coefficient (Wildman–Crippen LogP) is 4.34. The van der Waals surface area contributed by atoms with Crippen molar-refractivity contribution < 1.29 is 14.3 Å². The third-order valence-electron chi connectivity index (χ3n) is 2.87. The van der Waals surface area contributed by atoms with Crippen molar-refractivity contribution in [3.63, 3.8) is 0 Å². The minimum atomic E-state index is -0.358. The lowest BCUT2D eigenvalue weighted by Gasteiger charge is -2.07. The van der Waals surface area contributed by atoms with Crippen molar-refractivity contribution in [2.24, 2.45) is 0 Å². The lowest BCUT2D eigenvalue weighted by atomic mass is 10.1. The van der Waals surface area contributed by atoms with Gasteiger partial charge in [0.25, 0.3) is 0 Å². The average Bonchev–Trinajstić information content (AvgIpc) is 2.43. The summed E-state index contributed by atoms with van der Waals surface area (Å²) in [6.07, 6.45) is 5.30. The molecule has 0 aliphatic heterocycles. The summed E-state index contributed by atoms with van der Waals surface area (Å²) in [4.78, 5) is 11.8. The van der Waals surface area contributed by atoms with E-state index in [1.54, 1.807) is 31.4 Å². The third kappa shape index (κ3) is 5.60. The first-order chi connectivity index (χ1) is 9.17. The fourth-order valence-electron chi connectivity index (χ4n) is 1.72. The number of rotatable bonds is 8. The molecule has 0 amide bonds. The zero-order valence-electron chi connectivity index (χ0n) is 11.8. The second-order valence-electron chi connectivity index (χ2n) is 4.47. The number of methoxy groups -OCH3 is 1. The second kappa shape index (κ2) is 8.35. The minimum absolute atomic E-state index is 0.358. The van der Waals surface area contributed by atoms with Crippen LogP contribution in [0.4, 0.5) is 0 Å². The summed E-state index contributed by atoms with van der Waals surface area (Å²) < 4.78 is 10.3. The molecule has 0 fully saturated rings. The van der Waals surface area contributed by atoms with Gasteiger partial charge in [-0.15, -0.1) is 0 Å². The van der Waals surface area contributed by atoms with E-state index < -0.39 is 0 Å². The van der Waals surface area contributed by atoms with Crippen molar-refractivity contribution in [1.82, 2.24) is 0 Å². The summed E-state index contributed by atoms with van der Waals surface area (Å²) in [6.45, 7) is 5.95. The summed E-state index contributed by atoms with van der Waals surface area (Å²) in [5.41, 5.74) is 0.510. The highest BCUT2D eigenvalue weighted by Crippen LogP contribution is 2.15. The summed E-state index contributed by atoms with van der Waals surface area (Å²) in [6, 6.07) is 6.85. The molecule has 0 aromatic heterocycles. The highest BCUT2D eigenvalue weighted by molar-refractivity contribution is 5.90. The molecular weight excluding hydrogens is 240 g/mol. The number of hydrogen-bond donors (Lipinski definition) is 0. The van der Waals surface area contributed by atoms with Crippen LogP contribution in [0.3, 0.4) is 0 Å². The Balaban J connectivity index is 2.38. The Labute approximate surface area is 115 Å². The number of allylic oxidation sites excluding steroid dienone is 1. The van der Waals surface area contributed by atoms with Crippen LogP contribution in [0.5, 0.6) is 5.75 Å². The first kappa shape index (κ1) is 15.3. The monoisotopic (exact) mass is 262 g/mol. The van der Waals surface area contributed by atoms with E-state index in [-0.39, 0.29) is 5.97 Å². The SMILES string of the molecule is C=C(CCCCCC)OC(=O)c1ccc(OC)cc1. The molecule has 0 heterocycles. The number of hydrogen-bond acceptors (Lipinski definition) is 3. The van der Waals surface area contributed by atoms with Crippen LogP contribution in [-0.4, -0.2) is 13.1 Å². The van der Waals surface area contributed by atoms with Crippen molar-refractivity contribution >= 4 is 5.97 Å². The number of unbranched alkanes of at least 4 members (excludes halogenated alkanes) is 3. The van der Waals surface area contributed by atoms with Crippen LogP contribution < -0.4 is 4.74 Å². The van der Waals surface area contributed by atoms with Gasteiger partial charge in [0.2, 0.25) is 0 Å². The van der Waals surface area contributed by atoms with Crippen molar-refractivity contribution in [2.45, 2.75) is 39.0 Å². The van der Waals surface area contributed by atoms with E-state index >= 15 is 0 Å². The molecule has 19 heavy (non-hydrogen) atoms. The van der Waals surface area contributed by atoms with Crippen LogP contribution in [0.1, 0.15) is 49.4 Å². The van der Waals surface area contributed by atoms with Crippen molar-refractivity contribution in [1.29, 1.82) is 0 Å². The molecule has 0 atom stereocenters. The van der Waals surface area contributed by atoms with Gasteiger partial charge in [0.1, 0.15) is 11.5 Å². The molecule has 0 radical (unpaired) electrons. The summed E-state index contributed by atoms with van der Waals surface area (Å²) >= 11 is 0. The number of benzene rings is 1. The van der Waals surface area contributed by atoms with Gasteiger partial charge >= 0.3 is 5.97 Å². The maximum Gasteiger partial charge on any atom is 0.343 e. The molecule has 1 aromatic rings. The van der Waals surface area contributed by atoms with Gasteiger partial charge in [0.15, 0.2) is 0 Å². The van der Waals surface area contributed by atoms with Crippen molar-refractivity contribution in [3.05, 3.63) is 42.2 Å². The highest BCUT2D eigenvalue weighted by atomic mass is 16.5. The van der Waals surface area contributed by atoms with Crippen molar-refractivity contribution in [2.75, 3.05) is 7.11 Å². The normalized spacial score (nSPS) is 10.0. The Hall–Kier alpha value is -1.77. The quantitative estimate of drug-likeness (QED) is 0.397. The minimum Gasteiger partial charge on any atom is -0.497 e. The van der Waals surface area contributed by atoms with E-state index in [0.29, 0.717) is 11.3 Å². The van der Waals surface area contributed by atoms with E-state index in [4.69, 9.17) is 9.47 Å². The molecule has 0 bridgehead atoms. The number of esters is 1. The Morgan fingerprint density at radius 2 is 1.84 bits per heavy atom.